The van der Waals surface area contributed by atoms with Crippen molar-refractivity contribution in [3.8, 4) is 0 Å². The molecule has 0 aliphatic carbocycles. The first-order valence-electron chi connectivity index (χ1n) is 8.99. The molecular formula is C21H42ClN2OPRu+2. The molecule has 1 heterocycles. The van der Waals surface area contributed by atoms with Crippen LogP contribution in [0.1, 0.15) is 74.2 Å². The zero-order valence-corrected chi connectivity index (χ0v) is 21.3. The second-order valence-electron chi connectivity index (χ2n) is 8.24. The second-order valence-corrected chi connectivity index (χ2v) is 12.5. The fourth-order valence-electron chi connectivity index (χ4n) is 3.23. The molecule has 1 aromatic heterocycles. The Morgan fingerprint density at radius 3 is 1.78 bits per heavy atom. The number of nitrogens with zero attached hydrogens (tertiary/aromatic N) is 2. The van der Waals surface area contributed by atoms with Crippen LogP contribution >= 0.6 is 17.6 Å². The Balaban J connectivity index is -0.00000108. The van der Waals surface area contributed by atoms with E-state index < -0.39 is 7.92 Å². The first kappa shape index (κ1) is 31.8. The molecule has 0 radical (unpaired) electrons. The fraction of sp³-hybridized carbons (Fsp3) is 0.714. The van der Waals surface area contributed by atoms with Crippen molar-refractivity contribution in [2.45, 2.75) is 85.8 Å². The van der Waals surface area contributed by atoms with Gasteiger partial charge in [-0.15, -0.1) is 0 Å². The molecule has 0 atom stereocenters. The third kappa shape index (κ3) is 13.1. The van der Waals surface area contributed by atoms with Crippen molar-refractivity contribution in [2.75, 3.05) is 13.1 Å². The molecule has 0 spiro atoms. The summed E-state index contributed by atoms with van der Waals surface area (Å²) in [6.45, 7) is 25.2. The van der Waals surface area contributed by atoms with Gasteiger partial charge in [0.05, 0.1) is 27.9 Å². The average Bonchev–Trinajstić information content (AvgIpc) is 2.59. The third-order valence-electron chi connectivity index (χ3n) is 4.31. The van der Waals surface area contributed by atoms with Crippen LogP contribution in [-0.4, -0.2) is 40.1 Å². The minimum absolute atomic E-state index is 0. The van der Waals surface area contributed by atoms with Gasteiger partial charge in [-0.05, 0) is 66.8 Å². The number of halogens is 1. The van der Waals surface area contributed by atoms with E-state index in [0.29, 0.717) is 10.3 Å². The summed E-state index contributed by atoms with van der Waals surface area (Å²) in [4.78, 5) is 15.1. The summed E-state index contributed by atoms with van der Waals surface area (Å²) >= 11 is 1.62. The normalized spacial score (nSPS) is 11.1. The van der Waals surface area contributed by atoms with Crippen LogP contribution in [0.2, 0.25) is 0 Å². The first-order valence-corrected chi connectivity index (χ1v) is 13.1. The molecule has 0 saturated heterocycles. The van der Waals surface area contributed by atoms with Gasteiger partial charge in [-0.1, -0.05) is 27.3 Å². The van der Waals surface area contributed by atoms with E-state index in [1.165, 1.54) is 11.4 Å². The van der Waals surface area contributed by atoms with E-state index in [0.717, 1.165) is 25.8 Å². The van der Waals surface area contributed by atoms with Gasteiger partial charge in [0, 0.05) is 14.5 Å². The molecule has 0 unspecified atom stereocenters. The third-order valence-corrected chi connectivity index (χ3v) is 8.65. The molecule has 1 rings (SSSR count). The van der Waals surface area contributed by atoms with Gasteiger partial charge in [-0.25, -0.2) is 0 Å². The fourth-order valence-corrected chi connectivity index (χ4v) is 7.10. The zero-order chi connectivity index (χ0) is 21.0. The number of hydrogen-bond acceptors (Lipinski definition) is 3. The minimum atomic E-state index is -0.559. The van der Waals surface area contributed by atoms with Crippen molar-refractivity contribution in [3.05, 3.63) is 29.6 Å². The van der Waals surface area contributed by atoms with E-state index in [-0.39, 0.29) is 7.43 Å². The van der Waals surface area contributed by atoms with Crippen LogP contribution in [-0.2, 0) is 34.8 Å². The molecular weight excluding hydrogens is 464 g/mol. The summed E-state index contributed by atoms with van der Waals surface area (Å²) in [6.07, 6.45) is 1.16. The molecule has 0 aromatic carbocycles. The maximum atomic E-state index is 7.75. The van der Waals surface area contributed by atoms with Crippen LogP contribution in [0.5, 0.6) is 0 Å². The van der Waals surface area contributed by atoms with Crippen molar-refractivity contribution in [1.29, 1.82) is 0 Å². The van der Waals surface area contributed by atoms with Gasteiger partial charge in [0.1, 0.15) is 0 Å². The summed E-state index contributed by atoms with van der Waals surface area (Å²) in [6, 6.07) is 6.57. The topological polar surface area (TPSA) is 33.2 Å². The molecule has 0 bridgehead atoms. The van der Waals surface area contributed by atoms with Crippen LogP contribution in [0, 0.1) is 0 Å². The molecule has 160 valence electrons. The van der Waals surface area contributed by atoms with E-state index in [1.54, 1.807) is 17.3 Å². The van der Waals surface area contributed by atoms with E-state index in [1.807, 2.05) is 0 Å². The Hall–Kier alpha value is 0.123. The molecule has 3 nitrogen and oxygen atoms in total. The Kier molecular flexibility index (Phi) is 18.8. The number of rotatable bonds is 6. The van der Waals surface area contributed by atoms with Gasteiger partial charge >= 0.3 is 27.0 Å². The molecule has 0 amide bonds. The van der Waals surface area contributed by atoms with Crippen LogP contribution in [0.15, 0.2) is 18.2 Å². The van der Waals surface area contributed by atoms with Crippen molar-refractivity contribution in [1.82, 2.24) is 9.88 Å². The number of aromatic nitrogens is 1. The van der Waals surface area contributed by atoms with Gasteiger partial charge in [0.2, 0.25) is 0 Å². The molecule has 1 aromatic rings. The quantitative estimate of drug-likeness (QED) is 0.205. The Morgan fingerprint density at radius 1 is 1.00 bits per heavy atom. The molecule has 0 N–H and O–H groups in total. The van der Waals surface area contributed by atoms with Crippen LogP contribution in [0.25, 0.3) is 0 Å². The van der Waals surface area contributed by atoms with Gasteiger partial charge in [-0.3, -0.25) is 16.7 Å². The summed E-state index contributed by atoms with van der Waals surface area (Å²) in [5.41, 5.74) is 2.49. The number of hydrogen-bond donors (Lipinski definition) is 0. The molecule has 27 heavy (non-hydrogen) atoms. The molecule has 0 saturated carbocycles. The predicted molar refractivity (Wildman–Crippen MR) is 123 cm³/mol. The Bertz CT molecular complexity index is 472. The van der Waals surface area contributed by atoms with Crippen LogP contribution in [0.4, 0.5) is 0 Å². The van der Waals surface area contributed by atoms with E-state index in [9.17, 15) is 0 Å². The second kappa shape index (κ2) is 16.0. The molecule has 0 fully saturated rings. The van der Waals surface area contributed by atoms with Gasteiger partial charge in [-0.2, -0.15) is 0 Å². The van der Waals surface area contributed by atoms with Crippen LogP contribution in [0.3, 0.4) is 0 Å². The van der Waals surface area contributed by atoms with Crippen molar-refractivity contribution in [2.24, 2.45) is 0 Å². The average molecular weight is 506 g/mol. The standard InChI is InChI=1S/C19H35N2P.CHO.CH4.ClH.Ru.H/c1-9-21(10-2)14-16-12-11-13-17(20-16)15-22(18(3,4)5)19(6,7)8;1-2;;;;/h11-13H,9-10,14-15H2,1-8H3;1H;1H4;1H;;/q;-1;;;+3;. The Morgan fingerprint density at radius 2 is 1.41 bits per heavy atom. The van der Waals surface area contributed by atoms with E-state index in [2.05, 4.69) is 95.0 Å². The summed E-state index contributed by atoms with van der Waals surface area (Å²) in [5.74, 6) is 0. The van der Waals surface area contributed by atoms with Gasteiger partial charge < -0.3 is 4.79 Å². The van der Waals surface area contributed by atoms with Crippen molar-refractivity contribution in [3.63, 3.8) is 0 Å². The SMILES string of the molecule is C.CCN(CC)Cc1cccc(C[PH+](C(C)(C)C)C(C)(C)C)n1.[CH-]=O.[Cl][RuH+2]. The maximum absolute atomic E-state index is 7.75. The van der Waals surface area contributed by atoms with Gasteiger partial charge in [0.25, 0.3) is 0 Å². The zero-order valence-electron chi connectivity index (χ0n) is 17.7. The first-order chi connectivity index (χ1) is 12.1. The predicted octanol–water partition coefficient (Wildman–Crippen LogP) is 6.02. The summed E-state index contributed by atoms with van der Waals surface area (Å²) in [7, 11) is 4.05. The molecule has 6 heteroatoms. The Labute approximate surface area is 184 Å². The van der Waals surface area contributed by atoms with Crippen molar-refractivity contribution < 1.29 is 22.1 Å². The van der Waals surface area contributed by atoms with Gasteiger partial charge in [0.15, 0.2) is 0 Å². The monoisotopic (exact) mass is 506 g/mol. The molecule has 0 aliphatic rings. The van der Waals surface area contributed by atoms with E-state index >= 15 is 0 Å². The summed E-state index contributed by atoms with van der Waals surface area (Å²) in [5, 5.41) is 0.777. The van der Waals surface area contributed by atoms with E-state index in [4.69, 9.17) is 9.78 Å². The summed E-state index contributed by atoms with van der Waals surface area (Å²) < 4.78 is 0. The molecule has 0 aliphatic heterocycles. The number of carbonyl (C=O) groups excluding carboxylic acids is 1. The number of pyridine rings is 1. The van der Waals surface area contributed by atoms with Crippen LogP contribution < -0.4 is 0 Å². The van der Waals surface area contributed by atoms with Crippen molar-refractivity contribution >= 4 is 24.4 Å².